The maximum absolute atomic E-state index is 11.9. The Labute approximate surface area is 120 Å². The van der Waals surface area contributed by atoms with Crippen LogP contribution in [-0.4, -0.2) is 35.5 Å². The number of nitrogens with one attached hydrogen (secondary N) is 1. The van der Waals surface area contributed by atoms with Crippen LogP contribution in [0.15, 0.2) is 12.4 Å². The molecule has 2 rings (SSSR count). The highest BCUT2D eigenvalue weighted by molar-refractivity contribution is 5.93. The van der Waals surface area contributed by atoms with E-state index in [0.29, 0.717) is 5.56 Å². The highest BCUT2D eigenvalue weighted by atomic mass is 16.1. The van der Waals surface area contributed by atoms with E-state index in [1.807, 2.05) is 0 Å². The van der Waals surface area contributed by atoms with Crippen LogP contribution in [0, 0.1) is 0 Å². The van der Waals surface area contributed by atoms with Gasteiger partial charge in [0, 0.05) is 32.0 Å². The van der Waals surface area contributed by atoms with Crippen LogP contribution in [0.2, 0.25) is 0 Å². The SMILES string of the molecule is CCCCCNC(=O)c1cnc(N2CCCCC2)nc1. The molecule has 1 fully saturated rings. The fraction of sp³-hybridized carbons (Fsp3) is 0.667. The van der Waals surface area contributed by atoms with Crippen LogP contribution in [0.5, 0.6) is 0 Å². The number of carbonyl (C=O) groups excluding carboxylic acids is 1. The van der Waals surface area contributed by atoms with Crippen LogP contribution < -0.4 is 10.2 Å². The van der Waals surface area contributed by atoms with Crippen LogP contribution in [-0.2, 0) is 0 Å². The van der Waals surface area contributed by atoms with E-state index in [9.17, 15) is 4.79 Å². The van der Waals surface area contributed by atoms with E-state index in [1.165, 1.54) is 19.3 Å². The zero-order valence-electron chi connectivity index (χ0n) is 12.3. The average Bonchev–Trinajstić information content (AvgIpc) is 2.52. The highest BCUT2D eigenvalue weighted by Crippen LogP contribution is 2.14. The number of aromatic nitrogens is 2. The first-order valence-electron chi connectivity index (χ1n) is 7.66. The molecule has 0 bridgehead atoms. The molecule has 0 saturated carbocycles. The van der Waals surface area contributed by atoms with Gasteiger partial charge in [0.05, 0.1) is 5.56 Å². The second-order valence-electron chi connectivity index (χ2n) is 5.28. The quantitative estimate of drug-likeness (QED) is 0.811. The number of unbranched alkanes of at least 4 members (excludes halogenated alkanes) is 2. The molecular weight excluding hydrogens is 252 g/mol. The van der Waals surface area contributed by atoms with Gasteiger partial charge < -0.3 is 10.2 Å². The van der Waals surface area contributed by atoms with Crippen molar-refractivity contribution in [2.75, 3.05) is 24.5 Å². The minimum Gasteiger partial charge on any atom is -0.352 e. The maximum atomic E-state index is 11.9. The van der Waals surface area contributed by atoms with Gasteiger partial charge in [0.2, 0.25) is 5.95 Å². The van der Waals surface area contributed by atoms with Crippen molar-refractivity contribution >= 4 is 11.9 Å². The average molecular weight is 276 g/mol. The number of anilines is 1. The van der Waals surface area contributed by atoms with Gasteiger partial charge >= 0.3 is 0 Å². The number of carbonyl (C=O) groups is 1. The number of hydrogen-bond donors (Lipinski definition) is 1. The van der Waals surface area contributed by atoms with Crippen LogP contribution in [0.25, 0.3) is 0 Å². The summed E-state index contributed by atoms with van der Waals surface area (Å²) in [6.07, 6.45) is 10.3. The van der Waals surface area contributed by atoms with Gasteiger partial charge in [-0.15, -0.1) is 0 Å². The number of piperidine rings is 1. The number of rotatable bonds is 6. The fourth-order valence-corrected chi connectivity index (χ4v) is 2.37. The summed E-state index contributed by atoms with van der Waals surface area (Å²) in [6, 6.07) is 0. The largest absolute Gasteiger partial charge is 0.352 e. The molecule has 5 heteroatoms. The van der Waals surface area contributed by atoms with Crippen molar-refractivity contribution in [2.45, 2.75) is 45.4 Å². The first kappa shape index (κ1) is 14.8. The van der Waals surface area contributed by atoms with Gasteiger partial charge in [0.15, 0.2) is 0 Å². The minimum absolute atomic E-state index is 0.0775. The van der Waals surface area contributed by atoms with Crippen molar-refractivity contribution in [1.29, 1.82) is 0 Å². The number of hydrogen-bond acceptors (Lipinski definition) is 4. The van der Waals surface area contributed by atoms with E-state index in [4.69, 9.17) is 0 Å². The first-order valence-corrected chi connectivity index (χ1v) is 7.66. The first-order chi connectivity index (χ1) is 9.81. The lowest BCUT2D eigenvalue weighted by atomic mass is 10.1. The standard InChI is InChI=1S/C15H24N4O/c1-2-3-5-8-16-14(20)13-11-17-15(18-12-13)19-9-6-4-7-10-19/h11-12H,2-10H2,1H3,(H,16,20). The van der Waals surface area contributed by atoms with Gasteiger partial charge in [-0.1, -0.05) is 19.8 Å². The summed E-state index contributed by atoms with van der Waals surface area (Å²) in [4.78, 5) is 22.7. The summed E-state index contributed by atoms with van der Waals surface area (Å²) >= 11 is 0. The molecule has 0 unspecified atom stereocenters. The summed E-state index contributed by atoms with van der Waals surface area (Å²) < 4.78 is 0. The number of amides is 1. The smallest absolute Gasteiger partial charge is 0.254 e. The van der Waals surface area contributed by atoms with E-state index < -0.39 is 0 Å². The normalized spacial score (nSPS) is 15.2. The van der Waals surface area contributed by atoms with Gasteiger partial charge in [-0.05, 0) is 25.7 Å². The summed E-state index contributed by atoms with van der Waals surface area (Å²) in [7, 11) is 0. The Balaban J connectivity index is 1.85. The van der Waals surface area contributed by atoms with Crippen LogP contribution in [0.1, 0.15) is 55.8 Å². The maximum Gasteiger partial charge on any atom is 0.254 e. The Morgan fingerprint density at radius 3 is 2.55 bits per heavy atom. The zero-order chi connectivity index (χ0) is 14.2. The monoisotopic (exact) mass is 276 g/mol. The van der Waals surface area contributed by atoms with Gasteiger partial charge in [-0.2, -0.15) is 0 Å². The third kappa shape index (κ3) is 4.18. The van der Waals surface area contributed by atoms with Crippen molar-refractivity contribution in [3.8, 4) is 0 Å². The Hall–Kier alpha value is -1.65. The van der Waals surface area contributed by atoms with Crippen LogP contribution in [0.3, 0.4) is 0 Å². The molecule has 110 valence electrons. The molecule has 2 heterocycles. The lowest BCUT2D eigenvalue weighted by Crippen LogP contribution is -2.31. The minimum atomic E-state index is -0.0775. The molecule has 1 aromatic heterocycles. The fourth-order valence-electron chi connectivity index (χ4n) is 2.37. The molecule has 1 amide bonds. The van der Waals surface area contributed by atoms with E-state index in [1.54, 1.807) is 12.4 Å². The molecule has 0 radical (unpaired) electrons. The third-order valence-electron chi connectivity index (χ3n) is 3.61. The second kappa shape index (κ2) is 7.82. The lowest BCUT2D eigenvalue weighted by Gasteiger charge is -2.26. The molecule has 0 atom stereocenters. The van der Waals surface area contributed by atoms with Crippen molar-refractivity contribution in [1.82, 2.24) is 15.3 Å². The molecule has 1 aliphatic heterocycles. The van der Waals surface area contributed by atoms with E-state index >= 15 is 0 Å². The molecule has 20 heavy (non-hydrogen) atoms. The van der Waals surface area contributed by atoms with Gasteiger partial charge in [0.1, 0.15) is 0 Å². The summed E-state index contributed by atoms with van der Waals surface area (Å²) in [5.74, 6) is 0.665. The van der Waals surface area contributed by atoms with Crippen LogP contribution >= 0.6 is 0 Å². The van der Waals surface area contributed by atoms with Crippen molar-refractivity contribution in [3.63, 3.8) is 0 Å². The Bertz CT molecular complexity index is 412. The summed E-state index contributed by atoms with van der Waals surface area (Å²) in [6.45, 7) is 4.90. The highest BCUT2D eigenvalue weighted by Gasteiger charge is 2.14. The molecule has 1 aromatic rings. The van der Waals surface area contributed by atoms with Crippen molar-refractivity contribution < 1.29 is 4.79 Å². The topological polar surface area (TPSA) is 58.1 Å². The van der Waals surface area contributed by atoms with E-state index in [0.717, 1.165) is 44.8 Å². The van der Waals surface area contributed by atoms with Gasteiger partial charge in [-0.25, -0.2) is 9.97 Å². The number of nitrogens with zero attached hydrogens (tertiary/aromatic N) is 3. The van der Waals surface area contributed by atoms with Crippen molar-refractivity contribution in [2.24, 2.45) is 0 Å². The zero-order valence-corrected chi connectivity index (χ0v) is 12.3. The molecule has 1 N–H and O–H groups in total. The molecule has 0 aliphatic carbocycles. The molecule has 0 aromatic carbocycles. The third-order valence-corrected chi connectivity index (χ3v) is 3.61. The van der Waals surface area contributed by atoms with Gasteiger partial charge in [-0.3, -0.25) is 4.79 Å². The summed E-state index contributed by atoms with van der Waals surface area (Å²) in [5, 5.41) is 2.90. The predicted octanol–water partition coefficient (Wildman–Crippen LogP) is 2.39. The Kier molecular flexibility index (Phi) is 5.77. The molecule has 5 nitrogen and oxygen atoms in total. The summed E-state index contributed by atoms with van der Waals surface area (Å²) in [5.41, 5.74) is 0.544. The van der Waals surface area contributed by atoms with Crippen LogP contribution in [0.4, 0.5) is 5.95 Å². The van der Waals surface area contributed by atoms with E-state index in [-0.39, 0.29) is 5.91 Å². The van der Waals surface area contributed by atoms with Crippen molar-refractivity contribution in [3.05, 3.63) is 18.0 Å². The second-order valence-corrected chi connectivity index (χ2v) is 5.28. The Morgan fingerprint density at radius 2 is 1.90 bits per heavy atom. The lowest BCUT2D eigenvalue weighted by molar-refractivity contribution is 0.0952. The molecular formula is C15H24N4O. The van der Waals surface area contributed by atoms with E-state index in [2.05, 4.69) is 27.1 Å². The Morgan fingerprint density at radius 1 is 1.20 bits per heavy atom. The molecule has 1 saturated heterocycles. The van der Waals surface area contributed by atoms with Gasteiger partial charge in [0.25, 0.3) is 5.91 Å². The molecule has 1 aliphatic rings. The predicted molar refractivity (Wildman–Crippen MR) is 80.0 cm³/mol. The molecule has 0 spiro atoms.